The van der Waals surface area contributed by atoms with E-state index in [2.05, 4.69) is 9.97 Å². The lowest BCUT2D eigenvalue weighted by Gasteiger charge is -2.29. The molecule has 2 aliphatic heterocycles. The van der Waals surface area contributed by atoms with Crippen molar-refractivity contribution in [2.24, 2.45) is 0 Å². The molecule has 2 aliphatic rings. The van der Waals surface area contributed by atoms with Crippen molar-refractivity contribution < 1.29 is 21.6 Å². The third kappa shape index (κ3) is 3.68. The highest BCUT2D eigenvalue weighted by Gasteiger charge is 2.40. The zero-order valence-electron chi connectivity index (χ0n) is 14.5. The number of ether oxygens (including phenoxy) is 1. The summed E-state index contributed by atoms with van der Waals surface area (Å²) in [5.41, 5.74) is 0.475. The Balaban J connectivity index is 1.72. The van der Waals surface area contributed by atoms with E-state index in [1.807, 2.05) is 0 Å². The molecular weight excluding hydrogens is 394 g/mol. The summed E-state index contributed by atoms with van der Waals surface area (Å²) < 4.78 is 57.4. The second-order valence-electron chi connectivity index (χ2n) is 7.05. The Hall–Kier alpha value is -1.69. The minimum Gasteiger partial charge on any atom is -0.377 e. The summed E-state index contributed by atoms with van der Waals surface area (Å²) in [7, 11) is -7.20. The Morgan fingerprint density at radius 1 is 1.19 bits per heavy atom. The van der Waals surface area contributed by atoms with Gasteiger partial charge in [-0.25, -0.2) is 21.6 Å². The summed E-state index contributed by atoms with van der Waals surface area (Å²) in [6.45, 7) is 0.711. The molecule has 9 nitrogen and oxygen atoms in total. The summed E-state index contributed by atoms with van der Waals surface area (Å²) in [4.78, 5) is 16.6. The zero-order valence-corrected chi connectivity index (χ0v) is 16.2. The van der Waals surface area contributed by atoms with Crippen LogP contribution in [0, 0.1) is 0 Å². The molecule has 0 spiro atoms. The smallest absolute Gasteiger partial charge is 0.323 e. The van der Waals surface area contributed by atoms with Gasteiger partial charge in [0, 0.05) is 19.2 Å². The number of imidazole rings is 1. The molecule has 2 atom stereocenters. The number of hydrogen-bond donors (Lipinski definition) is 2. The Bertz CT molecular complexity index is 1110. The first-order valence-electron chi connectivity index (χ1n) is 8.80. The van der Waals surface area contributed by atoms with Gasteiger partial charge in [-0.3, -0.25) is 0 Å². The Morgan fingerprint density at radius 3 is 2.63 bits per heavy atom. The number of sulfone groups is 1. The monoisotopic (exact) mass is 415 g/mol. The van der Waals surface area contributed by atoms with Gasteiger partial charge >= 0.3 is 5.69 Å². The van der Waals surface area contributed by atoms with Gasteiger partial charge in [-0.05, 0) is 37.5 Å². The largest absolute Gasteiger partial charge is 0.377 e. The van der Waals surface area contributed by atoms with Crippen LogP contribution in [-0.4, -0.2) is 67.9 Å². The van der Waals surface area contributed by atoms with Gasteiger partial charge in [0.2, 0.25) is 10.0 Å². The molecule has 0 radical (unpaired) electrons. The average Bonchev–Trinajstić information content (AvgIpc) is 3.30. The Morgan fingerprint density at radius 2 is 1.96 bits per heavy atom. The molecule has 148 valence electrons. The van der Waals surface area contributed by atoms with Crippen molar-refractivity contribution in [1.82, 2.24) is 14.3 Å². The Labute approximate surface area is 156 Å². The Kier molecular flexibility index (Phi) is 4.65. The second-order valence-corrected chi connectivity index (χ2v) is 11.2. The minimum absolute atomic E-state index is 0.0145. The molecule has 1 aromatic carbocycles. The number of nitrogens with one attached hydrogen (secondary N) is 2. The SMILES string of the molecule is O=c1[nH]c2ccc(S(=O)(=O)N(C[C@H]3CCCO3)[C@@H]3CCS(=O)(=O)C3)cc2[nH]1. The van der Waals surface area contributed by atoms with Crippen molar-refractivity contribution in [1.29, 1.82) is 0 Å². The number of fused-ring (bicyclic) bond motifs is 1. The van der Waals surface area contributed by atoms with Gasteiger partial charge in [-0.2, -0.15) is 4.31 Å². The van der Waals surface area contributed by atoms with E-state index in [9.17, 15) is 21.6 Å². The summed E-state index contributed by atoms with van der Waals surface area (Å²) in [5.74, 6) is -0.193. The number of benzene rings is 1. The third-order valence-corrected chi connectivity index (χ3v) is 8.78. The highest BCUT2D eigenvalue weighted by atomic mass is 32.2. The van der Waals surface area contributed by atoms with Crippen LogP contribution in [0.1, 0.15) is 19.3 Å². The molecule has 0 bridgehead atoms. The first-order chi connectivity index (χ1) is 12.7. The van der Waals surface area contributed by atoms with E-state index >= 15 is 0 Å². The second kappa shape index (κ2) is 6.73. The van der Waals surface area contributed by atoms with Gasteiger partial charge in [0.25, 0.3) is 0 Å². The van der Waals surface area contributed by atoms with Crippen molar-refractivity contribution in [3.63, 3.8) is 0 Å². The molecule has 0 unspecified atom stereocenters. The average molecular weight is 415 g/mol. The quantitative estimate of drug-likeness (QED) is 0.718. The van der Waals surface area contributed by atoms with E-state index in [-0.39, 0.29) is 35.5 Å². The molecule has 2 saturated heterocycles. The molecule has 11 heteroatoms. The fourth-order valence-corrected chi connectivity index (χ4v) is 7.28. The van der Waals surface area contributed by atoms with E-state index in [0.717, 1.165) is 12.8 Å². The molecule has 1 aromatic heterocycles. The molecule has 2 aromatic rings. The molecule has 4 rings (SSSR count). The fraction of sp³-hybridized carbons (Fsp3) is 0.562. The lowest BCUT2D eigenvalue weighted by molar-refractivity contribution is 0.0877. The summed E-state index contributed by atoms with van der Waals surface area (Å²) in [5, 5.41) is 0. The summed E-state index contributed by atoms with van der Waals surface area (Å²) in [6.07, 6.45) is 1.64. The van der Waals surface area contributed by atoms with Gasteiger partial charge in [-0.1, -0.05) is 0 Å². The van der Waals surface area contributed by atoms with Crippen LogP contribution in [0.15, 0.2) is 27.9 Å². The number of rotatable bonds is 5. The maximum atomic E-state index is 13.3. The molecular formula is C16H21N3O6S2. The van der Waals surface area contributed by atoms with Crippen LogP contribution in [0.25, 0.3) is 11.0 Å². The third-order valence-electron chi connectivity index (χ3n) is 5.12. The summed E-state index contributed by atoms with van der Waals surface area (Å²) >= 11 is 0. The lowest BCUT2D eigenvalue weighted by Crippen LogP contribution is -2.45. The number of hydrogen-bond acceptors (Lipinski definition) is 6. The van der Waals surface area contributed by atoms with Gasteiger partial charge in [0.1, 0.15) is 0 Å². The van der Waals surface area contributed by atoms with Gasteiger partial charge < -0.3 is 14.7 Å². The van der Waals surface area contributed by atoms with Crippen LogP contribution in [0.2, 0.25) is 0 Å². The standard InChI is InChI=1S/C16H21N3O6S2/c20-16-17-14-4-3-13(8-15(14)18-16)27(23,24)19(9-12-2-1-6-25-12)11-5-7-26(21,22)10-11/h3-4,8,11-12H,1-2,5-7,9-10H2,(H2,17,18,20)/t11-,12-/m1/s1. The van der Waals surface area contributed by atoms with Crippen LogP contribution in [0.3, 0.4) is 0 Å². The maximum absolute atomic E-state index is 13.3. The molecule has 0 saturated carbocycles. The molecule has 0 amide bonds. The molecule has 2 N–H and O–H groups in total. The van der Waals surface area contributed by atoms with Crippen molar-refractivity contribution in [2.75, 3.05) is 24.7 Å². The maximum Gasteiger partial charge on any atom is 0.323 e. The van der Waals surface area contributed by atoms with E-state index in [1.165, 1.54) is 22.5 Å². The van der Waals surface area contributed by atoms with Crippen molar-refractivity contribution in [2.45, 2.75) is 36.3 Å². The van der Waals surface area contributed by atoms with Crippen molar-refractivity contribution >= 4 is 30.9 Å². The van der Waals surface area contributed by atoms with Crippen molar-refractivity contribution in [3.8, 4) is 0 Å². The van der Waals surface area contributed by atoms with E-state index in [0.29, 0.717) is 17.6 Å². The molecule has 0 aliphatic carbocycles. The van der Waals surface area contributed by atoms with Crippen LogP contribution in [0.5, 0.6) is 0 Å². The predicted octanol–water partition coefficient (Wildman–Crippen LogP) is 0.213. The highest BCUT2D eigenvalue weighted by Crippen LogP contribution is 2.28. The summed E-state index contributed by atoms with van der Waals surface area (Å²) in [6, 6.07) is 3.74. The fourth-order valence-electron chi connectivity index (χ4n) is 3.74. The van der Waals surface area contributed by atoms with E-state index in [4.69, 9.17) is 4.74 Å². The lowest BCUT2D eigenvalue weighted by atomic mass is 10.2. The molecule has 2 fully saturated rings. The number of H-pyrrole nitrogens is 2. The number of aromatic nitrogens is 2. The molecule has 3 heterocycles. The van der Waals surface area contributed by atoms with E-state index in [1.54, 1.807) is 0 Å². The first-order valence-corrected chi connectivity index (χ1v) is 12.1. The van der Waals surface area contributed by atoms with Crippen LogP contribution in [0.4, 0.5) is 0 Å². The number of nitrogens with zero attached hydrogens (tertiary/aromatic N) is 1. The van der Waals surface area contributed by atoms with Crippen LogP contribution >= 0.6 is 0 Å². The molecule has 27 heavy (non-hydrogen) atoms. The number of sulfonamides is 1. The predicted molar refractivity (Wildman–Crippen MR) is 98.8 cm³/mol. The topological polar surface area (TPSA) is 129 Å². The van der Waals surface area contributed by atoms with Crippen molar-refractivity contribution in [3.05, 3.63) is 28.7 Å². The number of aromatic amines is 2. The van der Waals surface area contributed by atoms with Gasteiger partial charge in [-0.15, -0.1) is 0 Å². The normalized spacial score (nSPS) is 25.5. The van der Waals surface area contributed by atoms with Crippen LogP contribution in [-0.2, 0) is 24.6 Å². The van der Waals surface area contributed by atoms with Gasteiger partial charge in [0.05, 0.1) is 33.5 Å². The first kappa shape index (κ1) is 18.7. The van der Waals surface area contributed by atoms with E-state index < -0.39 is 31.6 Å². The zero-order chi connectivity index (χ0) is 19.2. The van der Waals surface area contributed by atoms with Gasteiger partial charge in [0.15, 0.2) is 9.84 Å². The minimum atomic E-state index is -3.95. The van der Waals surface area contributed by atoms with Crippen LogP contribution < -0.4 is 5.69 Å². The highest BCUT2D eigenvalue weighted by molar-refractivity contribution is 7.92.